The summed E-state index contributed by atoms with van der Waals surface area (Å²) in [6.07, 6.45) is 0. The van der Waals surface area contributed by atoms with Gasteiger partial charge in [0.2, 0.25) is 4.27 Å². The summed E-state index contributed by atoms with van der Waals surface area (Å²) in [5.74, 6) is 0. The molecule has 0 fully saturated rings. The van der Waals surface area contributed by atoms with Gasteiger partial charge in [-0.1, -0.05) is 59.7 Å². The Balaban J connectivity index is 6.57. The van der Waals surface area contributed by atoms with Crippen LogP contribution in [0.15, 0.2) is 0 Å². The molecule has 0 aromatic heterocycles. The minimum atomic E-state index is -1.60. The average Bonchev–Trinajstić information content (AvgIpc) is 2.84. The Bertz CT molecular complexity index is 747. The highest BCUT2D eigenvalue weighted by Gasteiger charge is 2.60. The molecule has 0 amide bonds. The van der Waals surface area contributed by atoms with Gasteiger partial charge in [0.25, 0.3) is 0 Å². The molecular weight excluding hydrogens is 709 g/mol. The molecule has 0 rings (SSSR count). The molecule has 0 saturated carbocycles. The summed E-state index contributed by atoms with van der Waals surface area (Å²) in [5.41, 5.74) is -2.90. The van der Waals surface area contributed by atoms with E-state index in [9.17, 15) is 15.3 Å². The number of aliphatic hydroxyl groups is 3. The van der Waals surface area contributed by atoms with Crippen molar-refractivity contribution in [1.29, 1.82) is 0 Å². The van der Waals surface area contributed by atoms with E-state index in [1.54, 1.807) is 33.7 Å². The summed E-state index contributed by atoms with van der Waals surface area (Å²) < 4.78 is 7.06. The second kappa shape index (κ2) is 19.4. The Morgan fingerprint density at radius 3 is 1.38 bits per heavy atom. The first-order chi connectivity index (χ1) is 17.1. The number of hydrogen-bond acceptors (Lipinski definition) is 16. The van der Waals surface area contributed by atoms with Gasteiger partial charge in [-0.25, -0.2) is 0 Å². The zero-order chi connectivity index (χ0) is 29.0. The summed E-state index contributed by atoms with van der Waals surface area (Å²) in [6.45, 7) is -1.22. The van der Waals surface area contributed by atoms with Crippen LogP contribution in [0.1, 0.15) is 0 Å². The highest BCUT2D eigenvalue weighted by molar-refractivity contribution is 8.92. The topological polar surface area (TPSA) is 82.9 Å². The molecule has 216 valence electrons. The predicted octanol–water partition coefficient (Wildman–Crippen LogP) is 4.77. The highest BCUT2D eigenvalue weighted by Crippen LogP contribution is 2.64. The van der Waals surface area contributed by atoms with Gasteiger partial charge in [0.05, 0.1) is 24.3 Å². The van der Waals surface area contributed by atoms with Gasteiger partial charge >= 0.3 is 0 Å². The maximum absolute atomic E-state index is 11.5. The van der Waals surface area contributed by atoms with Crippen LogP contribution in [0.2, 0.25) is 0 Å². The molecule has 37 heavy (non-hydrogen) atoms. The van der Waals surface area contributed by atoms with Gasteiger partial charge in [-0.05, 0) is 54.0 Å². The first-order valence-electron chi connectivity index (χ1n) is 9.92. The monoisotopic (exact) mass is 740 g/mol. The molecule has 0 spiro atoms. The fourth-order valence-corrected chi connectivity index (χ4v) is 14.2. The summed E-state index contributed by atoms with van der Waals surface area (Å²) in [5, 5.41) is 33.0. The minimum absolute atomic E-state index is 0.522. The quantitative estimate of drug-likeness (QED) is 0.105. The van der Waals surface area contributed by atoms with Crippen LogP contribution in [0.25, 0.3) is 0 Å². The maximum atomic E-state index is 11.5. The van der Waals surface area contributed by atoms with E-state index in [1.165, 1.54) is 54.0 Å². The van der Waals surface area contributed by atoms with Crippen molar-refractivity contribution in [2.45, 2.75) is 9.70 Å². The first-order valence-corrected chi connectivity index (χ1v) is 20.1. The molecular formula is C17H32N4O4S12. The Morgan fingerprint density at radius 1 is 0.676 bits per heavy atom. The molecule has 0 aromatic rings. The second-order valence-electron chi connectivity index (χ2n) is 7.77. The molecule has 1 atom stereocenters. The van der Waals surface area contributed by atoms with Gasteiger partial charge in [-0.3, -0.25) is 4.18 Å². The van der Waals surface area contributed by atoms with Crippen LogP contribution >= 0.6 is 136 Å². The predicted molar refractivity (Wildman–Crippen MR) is 192 cm³/mol. The molecule has 1 unspecified atom stereocenters. The number of rotatable bonds is 13. The molecule has 0 saturated heterocycles. The van der Waals surface area contributed by atoms with E-state index in [0.29, 0.717) is 17.3 Å². The summed E-state index contributed by atoms with van der Waals surface area (Å²) in [7, 11) is 22.7. The van der Waals surface area contributed by atoms with Gasteiger partial charge in [0, 0.05) is 67.2 Å². The van der Waals surface area contributed by atoms with Gasteiger partial charge in [0.15, 0.2) is 0 Å². The first kappa shape index (κ1) is 39.2. The van der Waals surface area contributed by atoms with Crippen LogP contribution in [0.5, 0.6) is 0 Å². The van der Waals surface area contributed by atoms with Crippen LogP contribution in [0, 0.1) is 5.41 Å². The van der Waals surface area contributed by atoms with Crippen molar-refractivity contribution in [2.24, 2.45) is 5.41 Å². The molecule has 0 bridgehead atoms. The van der Waals surface area contributed by atoms with Gasteiger partial charge in [-0.2, -0.15) is 0 Å². The van der Waals surface area contributed by atoms with E-state index in [0.717, 1.165) is 32.7 Å². The van der Waals surface area contributed by atoms with Crippen molar-refractivity contribution >= 4 is 153 Å². The third-order valence-corrected chi connectivity index (χ3v) is 18.9. The number of aliphatic hydroxyl groups excluding tert-OH is 3. The Morgan fingerprint density at radius 2 is 1.03 bits per heavy atom. The SMILES string of the molecule is CN(C)C(=S)SSOC(SSC(=S)N(C)C)(SSC(=S)N(C)C)C(CO)(CO)C(O)SSC(=S)N(C)C. The van der Waals surface area contributed by atoms with E-state index >= 15 is 0 Å². The Hall–Kier alpha value is 2.20. The number of thiocarbonyl (C=S) groups is 4. The van der Waals surface area contributed by atoms with Crippen LogP contribution in [0.4, 0.5) is 0 Å². The van der Waals surface area contributed by atoms with Crippen LogP contribution in [-0.2, 0) is 4.18 Å². The lowest BCUT2D eigenvalue weighted by atomic mass is 9.91. The van der Waals surface area contributed by atoms with Crippen molar-refractivity contribution in [3.63, 3.8) is 0 Å². The standard InChI is InChI=1S/C17H32N4O4S12/c1-18(2)12(26)31-30-11(24)16(9-22,10-23)17(35-32-13(27)19(3)4,36-33-14(28)20(5)6)25-37-34-15(29)21(7)8/h11,22-24H,9-10H2,1-8H3. The fraction of sp³-hybridized carbons (Fsp3) is 0.765. The minimum Gasteiger partial charge on any atom is -0.395 e. The summed E-state index contributed by atoms with van der Waals surface area (Å²) in [6, 6.07) is 0. The Kier molecular flexibility index (Phi) is 20.6. The molecule has 0 aliphatic heterocycles. The third-order valence-electron chi connectivity index (χ3n) is 4.01. The maximum Gasteiger partial charge on any atom is 0.208 e. The fourth-order valence-electron chi connectivity index (χ4n) is 1.59. The van der Waals surface area contributed by atoms with Crippen molar-refractivity contribution in [3.05, 3.63) is 0 Å². The average molecular weight is 741 g/mol. The van der Waals surface area contributed by atoms with Crippen LogP contribution in [-0.4, -0.2) is 131 Å². The summed E-state index contributed by atoms with van der Waals surface area (Å²) in [4.78, 5) is 7.02. The molecule has 0 heterocycles. The van der Waals surface area contributed by atoms with Crippen molar-refractivity contribution < 1.29 is 19.5 Å². The summed E-state index contributed by atoms with van der Waals surface area (Å²) >= 11 is 22.7. The largest absolute Gasteiger partial charge is 0.395 e. The third kappa shape index (κ3) is 12.5. The Labute approximate surface area is 273 Å². The molecule has 20 heteroatoms. The van der Waals surface area contributed by atoms with Gasteiger partial charge in [0.1, 0.15) is 28.1 Å². The van der Waals surface area contributed by atoms with Gasteiger partial charge in [-0.15, -0.1) is 0 Å². The van der Waals surface area contributed by atoms with Crippen LogP contribution < -0.4 is 0 Å². The molecule has 0 radical (unpaired) electrons. The molecule has 8 nitrogen and oxygen atoms in total. The molecule has 0 aliphatic carbocycles. The number of hydrogen-bond donors (Lipinski definition) is 3. The lowest BCUT2D eigenvalue weighted by molar-refractivity contribution is -0.0591. The molecule has 0 aromatic carbocycles. The number of nitrogens with zero attached hydrogens (tertiary/aromatic N) is 4. The normalized spacial score (nSPS) is 12.6. The second-order valence-corrected chi connectivity index (χ2v) is 19.2. The zero-order valence-electron chi connectivity index (χ0n) is 21.4. The van der Waals surface area contributed by atoms with E-state index in [2.05, 4.69) is 0 Å². The van der Waals surface area contributed by atoms with E-state index in [-0.39, 0.29) is 0 Å². The van der Waals surface area contributed by atoms with E-state index in [4.69, 9.17) is 53.1 Å². The van der Waals surface area contributed by atoms with Crippen molar-refractivity contribution in [1.82, 2.24) is 19.6 Å². The van der Waals surface area contributed by atoms with E-state index < -0.39 is 28.3 Å². The van der Waals surface area contributed by atoms with Gasteiger partial charge < -0.3 is 34.9 Å². The van der Waals surface area contributed by atoms with Crippen LogP contribution in [0.3, 0.4) is 0 Å². The van der Waals surface area contributed by atoms with Crippen molar-refractivity contribution in [3.8, 4) is 0 Å². The smallest absolute Gasteiger partial charge is 0.208 e. The molecule has 3 N–H and O–H groups in total. The lowest BCUT2D eigenvalue weighted by Gasteiger charge is -2.47. The zero-order valence-corrected chi connectivity index (χ0v) is 31.2. The highest BCUT2D eigenvalue weighted by atomic mass is 33.1. The van der Waals surface area contributed by atoms with Crippen molar-refractivity contribution in [2.75, 3.05) is 69.6 Å². The lowest BCUT2D eigenvalue weighted by Crippen LogP contribution is -2.55. The van der Waals surface area contributed by atoms with E-state index in [1.807, 2.05) is 42.3 Å². The molecule has 0 aliphatic rings.